The van der Waals surface area contributed by atoms with Gasteiger partial charge in [-0.05, 0) is 23.0 Å². The Morgan fingerprint density at radius 3 is 2.75 bits per heavy atom. The zero-order valence-electron chi connectivity index (χ0n) is 6.55. The summed E-state index contributed by atoms with van der Waals surface area (Å²) in [6.45, 7) is 0. The standard InChI is InChI=1S/C8H9N3O/c9-11-10-8(12)6-5-7-3-1-2-4-7/h1-4,7H,5-6H2. The first kappa shape index (κ1) is 8.56. The van der Waals surface area contributed by atoms with Crippen molar-refractivity contribution >= 4 is 5.91 Å². The molecule has 0 aromatic heterocycles. The van der Waals surface area contributed by atoms with Gasteiger partial charge in [-0.3, -0.25) is 4.79 Å². The second kappa shape index (κ2) is 4.36. The van der Waals surface area contributed by atoms with E-state index in [4.69, 9.17) is 5.53 Å². The van der Waals surface area contributed by atoms with E-state index in [0.29, 0.717) is 12.3 Å². The molecule has 1 aliphatic carbocycles. The third kappa shape index (κ3) is 2.60. The van der Waals surface area contributed by atoms with Crippen LogP contribution in [0.4, 0.5) is 0 Å². The Morgan fingerprint density at radius 2 is 2.17 bits per heavy atom. The highest BCUT2D eigenvalue weighted by Gasteiger charge is 2.05. The zero-order chi connectivity index (χ0) is 8.81. The molecule has 1 aliphatic rings. The Balaban J connectivity index is 2.25. The Kier molecular flexibility index (Phi) is 3.11. The predicted molar refractivity (Wildman–Crippen MR) is 45.2 cm³/mol. The number of allylic oxidation sites excluding steroid dienone is 4. The van der Waals surface area contributed by atoms with Gasteiger partial charge in [0.2, 0.25) is 5.91 Å². The lowest BCUT2D eigenvalue weighted by Crippen LogP contribution is -1.96. The van der Waals surface area contributed by atoms with Gasteiger partial charge >= 0.3 is 0 Å². The molecular weight excluding hydrogens is 154 g/mol. The molecule has 12 heavy (non-hydrogen) atoms. The molecule has 0 aliphatic heterocycles. The van der Waals surface area contributed by atoms with Gasteiger partial charge in [0.25, 0.3) is 0 Å². The highest BCUT2D eigenvalue weighted by atomic mass is 16.1. The second-order valence-electron chi connectivity index (χ2n) is 2.56. The van der Waals surface area contributed by atoms with Gasteiger partial charge in [0.1, 0.15) is 0 Å². The molecule has 0 fully saturated rings. The monoisotopic (exact) mass is 163 g/mol. The van der Waals surface area contributed by atoms with E-state index in [1.54, 1.807) is 0 Å². The molecule has 0 saturated heterocycles. The molecule has 4 nitrogen and oxygen atoms in total. The number of hydrogen-bond donors (Lipinski definition) is 0. The van der Waals surface area contributed by atoms with Gasteiger partial charge < -0.3 is 0 Å². The zero-order valence-corrected chi connectivity index (χ0v) is 6.55. The van der Waals surface area contributed by atoms with Crippen LogP contribution in [-0.2, 0) is 4.79 Å². The first-order chi connectivity index (χ1) is 5.83. The smallest absolute Gasteiger partial charge is 0.218 e. The number of amides is 1. The summed E-state index contributed by atoms with van der Waals surface area (Å²) < 4.78 is 0. The van der Waals surface area contributed by atoms with Crippen molar-refractivity contribution in [3.8, 4) is 0 Å². The molecule has 0 heterocycles. The van der Waals surface area contributed by atoms with Crippen LogP contribution in [0.15, 0.2) is 29.4 Å². The fourth-order valence-electron chi connectivity index (χ4n) is 1.06. The highest BCUT2D eigenvalue weighted by molar-refractivity contribution is 5.76. The van der Waals surface area contributed by atoms with E-state index in [1.165, 1.54) is 0 Å². The fourth-order valence-corrected chi connectivity index (χ4v) is 1.06. The third-order valence-corrected chi connectivity index (χ3v) is 1.68. The number of carbonyl (C=O) groups excluding carboxylic acids is 1. The molecule has 0 N–H and O–H groups in total. The summed E-state index contributed by atoms with van der Waals surface area (Å²) >= 11 is 0. The van der Waals surface area contributed by atoms with E-state index in [2.05, 4.69) is 10.0 Å². The van der Waals surface area contributed by atoms with Gasteiger partial charge in [0.05, 0.1) is 0 Å². The van der Waals surface area contributed by atoms with Gasteiger partial charge in [-0.25, -0.2) is 0 Å². The van der Waals surface area contributed by atoms with Crippen molar-refractivity contribution in [3.63, 3.8) is 0 Å². The lowest BCUT2D eigenvalue weighted by molar-refractivity contribution is -0.118. The normalized spacial score (nSPS) is 14.7. The third-order valence-electron chi connectivity index (χ3n) is 1.68. The molecule has 0 saturated carbocycles. The van der Waals surface area contributed by atoms with E-state index in [1.807, 2.05) is 24.3 Å². The number of rotatable bonds is 3. The Labute approximate surface area is 70.2 Å². The summed E-state index contributed by atoms with van der Waals surface area (Å²) in [7, 11) is 0. The van der Waals surface area contributed by atoms with Crippen LogP contribution in [-0.4, -0.2) is 5.91 Å². The van der Waals surface area contributed by atoms with Crippen LogP contribution < -0.4 is 0 Å². The molecule has 0 spiro atoms. The quantitative estimate of drug-likeness (QED) is 0.357. The molecule has 0 aromatic carbocycles. The van der Waals surface area contributed by atoms with Gasteiger partial charge in [-0.15, -0.1) is 0 Å². The first-order valence-corrected chi connectivity index (χ1v) is 3.76. The molecular formula is C8H9N3O. The van der Waals surface area contributed by atoms with Crippen LogP contribution in [0.1, 0.15) is 12.8 Å². The molecule has 0 bridgehead atoms. The average molecular weight is 163 g/mol. The lowest BCUT2D eigenvalue weighted by Gasteiger charge is -2.00. The van der Waals surface area contributed by atoms with Crippen molar-refractivity contribution in [1.29, 1.82) is 0 Å². The second-order valence-corrected chi connectivity index (χ2v) is 2.56. The maximum absolute atomic E-state index is 10.7. The number of azide groups is 1. The number of nitrogens with zero attached hydrogens (tertiary/aromatic N) is 3. The van der Waals surface area contributed by atoms with E-state index in [-0.39, 0.29) is 5.91 Å². The molecule has 4 heteroatoms. The van der Waals surface area contributed by atoms with Crippen LogP contribution in [0.3, 0.4) is 0 Å². The van der Waals surface area contributed by atoms with Crippen LogP contribution in [0.5, 0.6) is 0 Å². The first-order valence-electron chi connectivity index (χ1n) is 3.76. The summed E-state index contributed by atoms with van der Waals surface area (Å²) in [5.74, 6) is -0.0472. The summed E-state index contributed by atoms with van der Waals surface area (Å²) in [6.07, 6.45) is 8.98. The van der Waals surface area contributed by atoms with Crippen LogP contribution in [0.2, 0.25) is 0 Å². The Morgan fingerprint density at radius 1 is 1.50 bits per heavy atom. The highest BCUT2D eigenvalue weighted by Crippen LogP contribution is 2.15. The largest absolute Gasteiger partial charge is 0.293 e. The van der Waals surface area contributed by atoms with Crippen molar-refractivity contribution in [1.82, 2.24) is 0 Å². The van der Waals surface area contributed by atoms with E-state index < -0.39 is 0 Å². The summed E-state index contributed by atoms with van der Waals surface area (Å²) in [4.78, 5) is 13.2. The van der Waals surface area contributed by atoms with Crippen LogP contribution in [0.25, 0.3) is 10.4 Å². The van der Waals surface area contributed by atoms with E-state index >= 15 is 0 Å². The fraction of sp³-hybridized carbons (Fsp3) is 0.375. The lowest BCUT2D eigenvalue weighted by atomic mass is 10.1. The Hall–Kier alpha value is -1.54. The van der Waals surface area contributed by atoms with Gasteiger partial charge in [0, 0.05) is 11.3 Å². The van der Waals surface area contributed by atoms with E-state index in [0.717, 1.165) is 6.42 Å². The minimum Gasteiger partial charge on any atom is -0.293 e. The maximum Gasteiger partial charge on any atom is 0.218 e. The van der Waals surface area contributed by atoms with Crippen LogP contribution >= 0.6 is 0 Å². The molecule has 1 rings (SSSR count). The minimum atomic E-state index is -0.383. The van der Waals surface area contributed by atoms with Gasteiger partial charge in [0.15, 0.2) is 0 Å². The molecule has 0 atom stereocenters. The van der Waals surface area contributed by atoms with Crippen molar-refractivity contribution in [2.45, 2.75) is 12.8 Å². The van der Waals surface area contributed by atoms with Crippen molar-refractivity contribution in [2.75, 3.05) is 0 Å². The topological polar surface area (TPSA) is 65.8 Å². The minimum absolute atomic E-state index is 0.323. The molecule has 0 unspecified atom stereocenters. The number of carbonyl (C=O) groups is 1. The van der Waals surface area contributed by atoms with Crippen molar-refractivity contribution in [2.24, 2.45) is 11.0 Å². The van der Waals surface area contributed by atoms with E-state index in [9.17, 15) is 4.79 Å². The molecule has 1 amide bonds. The number of hydrogen-bond acceptors (Lipinski definition) is 1. The van der Waals surface area contributed by atoms with Crippen molar-refractivity contribution < 1.29 is 4.79 Å². The maximum atomic E-state index is 10.7. The summed E-state index contributed by atoms with van der Waals surface area (Å²) in [6, 6.07) is 0. The molecule has 62 valence electrons. The van der Waals surface area contributed by atoms with Gasteiger partial charge in [-0.1, -0.05) is 24.3 Å². The van der Waals surface area contributed by atoms with Crippen LogP contribution in [0, 0.1) is 5.92 Å². The predicted octanol–water partition coefficient (Wildman–Crippen LogP) is 2.35. The average Bonchev–Trinajstić information content (AvgIpc) is 2.53. The Bertz CT molecular complexity index is 262. The van der Waals surface area contributed by atoms with Gasteiger partial charge in [-0.2, -0.15) is 0 Å². The summed E-state index contributed by atoms with van der Waals surface area (Å²) in [5, 5.41) is 2.98. The summed E-state index contributed by atoms with van der Waals surface area (Å²) in [5.41, 5.74) is 7.94. The SMILES string of the molecule is [N-]=[N+]=NC(=O)CCC1C=CC=C1. The van der Waals surface area contributed by atoms with Crippen molar-refractivity contribution in [3.05, 3.63) is 34.7 Å². The molecule has 0 radical (unpaired) electrons. The molecule has 0 aromatic rings.